The van der Waals surface area contributed by atoms with Gasteiger partial charge in [0.2, 0.25) is 5.89 Å². The molecule has 2 aliphatic rings. The second kappa shape index (κ2) is 6.07. The molecule has 0 atom stereocenters. The van der Waals surface area contributed by atoms with Crippen LogP contribution in [0.2, 0.25) is 0 Å². The molecule has 2 saturated carbocycles. The molecule has 0 spiro atoms. The van der Waals surface area contributed by atoms with Crippen LogP contribution < -0.4 is 5.73 Å². The number of hydrogen-bond donors (Lipinski definition) is 1. The summed E-state index contributed by atoms with van der Waals surface area (Å²) in [5.41, 5.74) is 6.30. The molecule has 0 unspecified atom stereocenters. The van der Waals surface area contributed by atoms with Crippen LogP contribution in [-0.2, 0) is 6.42 Å². The highest BCUT2D eigenvalue weighted by Gasteiger charge is 2.33. The van der Waals surface area contributed by atoms with Crippen LogP contribution in [0.4, 0.5) is 0 Å². The lowest BCUT2D eigenvalue weighted by Gasteiger charge is -2.29. The summed E-state index contributed by atoms with van der Waals surface area (Å²) < 4.78 is 5.48. The minimum atomic E-state index is -0.0981. The molecule has 0 bridgehead atoms. The highest BCUT2D eigenvalue weighted by atomic mass is 16.5. The van der Waals surface area contributed by atoms with Gasteiger partial charge in [0.1, 0.15) is 0 Å². The average Bonchev–Trinajstić information content (AvgIpc) is 3.09. The maximum Gasteiger partial charge on any atom is 0.228 e. The van der Waals surface area contributed by atoms with Crippen molar-refractivity contribution in [2.45, 2.75) is 83.1 Å². The van der Waals surface area contributed by atoms with E-state index in [1.807, 2.05) is 0 Å². The molecule has 2 N–H and O–H groups in total. The van der Waals surface area contributed by atoms with Crippen LogP contribution >= 0.6 is 0 Å². The van der Waals surface area contributed by atoms with E-state index in [0.717, 1.165) is 42.8 Å². The predicted octanol–water partition coefficient (Wildman–Crippen LogP) is 3.81. The van der Waals surface area contributed by atoms with E-state index in [1.165, 1.54) is 38.5 Å². The third kappa shape index (κ3) is 3.47. The van der Waals surface area contributed by atoms with E-state index in [0.29, 0.717) is 5.92 Å². The molecular weight excluding hydrogens is 262 g/mol. The molecule has 0 aromatic carbocycles. The van der Waals surface area contributed by atoms with Gasteiger partial charge in [-0.25, -0.2) is 0 Å². The molecule has 1 heterocycles. The van der Waals surface area contributed by atoms with Gasteiger partial charge in [0.25, 0.3) is 0 Å². The molecule has 2 aliphatic carbocycles. The van der Waals surface area contributed by atoms with Crippen molar-refractivity contribution in [3.63, 3.8) is 0 Å². The molecule has 4 heteroatoms. The molecule has 4 nitrogen and oxygen atoms in total. The molecule has 0 aliphatic heterocycles. The zero-order valence-corrected chi connectivity index (χ0v) is 13.5. The lowest BCUT2D eigenvalue weighted by molar-refractivity contribution is 0.251. The zero-order chi connectivity index (χ0) is 14.9. The van der Waals surface area contributed by atoms with Gasteiger partial charge in [0, 0.05) is 17.9 Å². The van der Waals surface area contributed by atoms with E-state index >= 15 is 0 Å². The predicted molar refractivity (Wildman–Crippen MR) is 82.9 cm³/mol. The molecule has 0 saturated heterocycles. The fourth-order valence-electron chi connectivity index (χ4n) is 4.11. The Labute approximate surface area is 127 Å². The summed E-state index contributed by atoms with van der Waals surface area (Å²) >= 11 is 0. The third-order valence-electron chi connectivity index (χ3n) is 5.67. The Balaban J connectivity index is 1.58. The van der Waals surface area contributed by atoms with Crippen LogP contribution in [0.3, 0.4) is 0 Å². The lowest BCUT2D eigenvalue weighted by Crippen LogP contribution is -2.38. The number of nitrogens with two attached hydrogens (primary N) is 1. The van der Waals surface area contributed by atoms with Crippen LogP contribution in [-0.4, -0.2) is 15.7 Å². The van der Waals surface area contributed by atoms with Gasteiger partial charge < -0.3 is 10.3 Å². The van der Waals surface area contributed by atoms with E-state index in [2.05, 4.69) is 24.0 Å². The zero-order valence-electron chi connectivity index (χ0n) is 13.5. The fourth-order valence-corrected chi connectivity index (χ4v) is 4.11. The highest BCUT2D eigenvalue weighted by molar-refractivity contribution is 5.02. The van der Waals surface area contributed by atoms with E-state index in [4.69, 9.17) is 10.3 Å². The molecule has 0 amide bonds. The van der Waals surface area contributed by atoms with Crippen molar-refractivity contribution >= 4 is 0 Å². The van der Waals surface area contributed by atoms with Gasteiger partial charge in [0.15, 0.2) is 5.82 Å². The van der Waals surface area contributed by atoms with Crippen LogP contribution in [0, 0.1) is 11.8 Å². The first-order valence-electron chi connectivity index (χ1n) is 8.67. The smallest absolute Gasteiger partial charge is 0.228 e. The first-order valence-corrected chi connectivity index (χ1v) is 8.67. The number of rotatable bonds is 4. The quantitative estimate of drug-likeness (QED) is 0.916. The van der Waals surface area contributed by atoms with Gasteiger partial charge in [-0.3, -0.25) is 0 Å². The topological polar surface area (TPSA) is 64.9 Å². The van der Waals surface area contributed by atoms with Crippen LogP contribution in [0.25, 0.3) is 0 Å². The minimum Gasteiger partial charge on any atom is -0.339 e. The van der Waals surface area contributed by atoms with Crippen LogP contribution in [0.15, 0.2) is 4.52 Å². The Morgan fingerprint density at radius 3 is 2.48 bits per heavy atom. The summed E-state index contributed by atoms with van der Waals surface area (Å²) in [6, 6.07) is 0. The Bertz CT molecular complexity index is 454. The normalized spacial score (nSPS) is 29.1. The maximum absolute atomic E-state index is 6.40. The molecule has 3 rings (SSSR count). The molecule has 2 fully saturated rings. The fraction of sp³-hybridized carbons (Fsp3) is 0.882. The van der Waals surface area contributed by atoms with E-state index in [-0.39, 0.29) is 5.54 Å². The second-order valence-electron chi connectivity index (χ2n) is 7.65. The monoisotopic (exact) mass is 291 g/mol. The van der Waals surface area contributed by atoms with Gasteiger partial charge in [-0.15, -0.1) is 0 Å². The number of hydrogen-bond acceptors (Lipinski definition) is 4. The Morgan fingerprint density at radius 1 is 1.19 bits per heavy atom. The second-order valence-corrected chi connectivity index (χ2v) is 7.65. The number of aromatic nitrogens is 2. The van der Waals surface area contributed by atoms with Gasteiger partial charge in [-0.05, 0) is 50.4 Å². The molecule has 0 radical (unpaired) electrons. The first kappa shape index (κ1) is 15.0. The Kier molecular flexibility index (Phi) is 4.34. The third-order valence-corrected chi connectivity index (χ3v) is 5.67. The number of nitrogens with zero attached hydrogens (tertiary/aromatic N) is 2. The van der Waals surface area contributed by atoms with Crippen molar-refractivity contribution in [2.24, 2.45) is 17.6 Å². The standard InChI is InChI=1S/C17H29N3O/c1-12(2)13-5-7-14(8-6-13)16-19-15(21-20-16)11-17(18)9-3-4-10-17/h12-14H,3-11,18H2,1-2H3. The van der Waals surface area contributed by atoms with Gasteiger partial charge in [-0.2, -0.15) is 4.98 Å². The molecule has 21 heavy (non-hydrogen) atoms. The summed E-state index contributed by atoms with van der Waals surface area (Å²) in [7, 11) is 0. The van der Waals surface area contributed by atoms with Crippen molar-refractivity contribution in [3.05, 3.63) is 11.7 Å². The van der Waals surface area contributed by atoms with Crippen molar-refractivity contribution in [2.75, 3.05) is 0 Å². The summed E-state index contributed by atoms with van der Waals surface area (Å²) in [6.45, 7) is 4.67. The van der Waals surface area contributed by atoms with Gasteiger partial charge in [-0.1, -0.05) is 31.8 Å². The molecular formula is C17H29N3O. The van der Waals surface area contributed by atoms with E-state index in [9.17, 15) is 0 Å². The molecule has 1 aromatic rings. The van der Waals surface area contributed by atoms with E-state index < -0.39 is 0 Å². The summed E-state index contributed by atoms with van der Waals surface area (Å²) in [5, 5.41) is 4.24. The van der Waals surface area contributed by atoms with Gasteiger partial charge >= 0.3 is 0 Å². The molecule has 118 valence electrons. The maximum atomic E-state index is 6.40. The lowest BCUT2D eigenvalue weighted by atomic mass is 9.77. The summed E-state index contributed by atoms with van der Waals surface area (Å²) in [4.78, 5) is 4.65. The molecule has 1 aromatic heterocycles. The Hall–Kier alpha value is -0.900. The van der Waals surface area contributed by atoms with Crippen LogP contribution in [0.1, 0.15) is 82.8 Å². The van der Waals surface area contributed by atoms with Crippen molar-refractivity contribution < 1.29 is 4.52 Å². The van der Waals surface area contributed by atoms with Crippen molar-refractivity contribution in [3.8, 4) is 0 Å². The van der Waals surface area contributed by atoms with Crippen molar-refractivity contribution in [1.82, 2.24) is 10.1 Å². The summed E-state index contributed by atoms with van der Waals surface area (Å²) in [6.07, 6.45) is 10.4. The highest BCUT2D eigenvalue weighted by Crippen LogP contribution is 2.38. The Morgan fingerprint density at radius 2 is 1.86 bits per heavy atom. The minimum absolute atomic E-state index is 0.0981. The average molecular weight is 291 g/mol. The van der Waals surface area contributed by atoms with Crippen LogP contribution in [0.5, 0.6) is 0 Å². The van der Waals surface area contributed by atoms with Crippen molar-refractivity contribution in [1.29, 1.82) is 0 Å². The van der Waals surface area contributed by atoms with Gasteiger partial charge in [0.05, 0.1) is 0 Å². The van der Waals surface area contributed by atoms with E-state index in [1.54, 1.807) is 0 Å². The summed E-state index contributed by atoms with van der Waals surface area (Å²) in [5.74, 6) is 3.84. The largest absolute Gasteiger partial charge is 0.339 e. The first-order chi connectivity index (χ1) is 10.1. The SMILES string of the molecule is CC(C)C1CCC(c2noc(CC3(N)CCCC3)n2)CC1.